The predicted octanol–water partition coefficient (Wildman–Crippen LogP) is 2.54. The fourth-order valence-electron chi connectivity index (χ4n) is 3.21. The zero-order chi connectivity index (χ0) is 23.0. The maximum absolute atomic E-state index is 13.3. The lowest BCUT2D eigenvalue weighted by molar-refractivity contribution is -0.140. The highest BCUT2D eigenvalue weighted by molar-refractivity contribution is 7.92. The summed E-state index contributed by atoms with van der Waals surface area (Å²) in [5, 5.41) is 2.72. The lowest BCUT2D eigenvalue weighted by Gasteiger charge is -2.32. The van der Waals surface area contributed by atoms with Crippen molar-refractivity contribution < 1.29 is 22.4 Å². The standard InChI is InChI=1S/C22H28FN3O4S/c1-4-20(22(28)24-5-2)25(15-17-11-13-18(23)14-12-17)21(27)16-26(31(3,29)30)19-9-7-6-8-10-19/h6-14,20H,4-5,15-16H2,1-3H3,(H,24,28)/t20-/m1/s1. The van der Waals surface area contributed by atoms with E-state index in [1.54, 1.807) is 44.2 Å². The summed E-state index contributed by atoms with van der Waals surface area (Å²) in [7, 11) is -3.75. The molecule has 0 spiro atoms. The molecule has 9 heteroatoms. The van der Waals surface area contributed by atoms with Gasteiger partial charge < -0.3 is 10.2 Å². The minimum Gasteiger partial charge on any atom is -0.355 e. The van der Waals surface area contributed by atoms with Crippen molar-refractivity contribution in [3.8, 4) is 0 Å². The van der Waals surface area contributed by atoms with Crippen LogP contribution < -0.4 is 9.62 Å². The second kappa shape index (κ2) is 10.9. The number of likely N-dealkylation sites (N-methyl/N-ethyl adjacent to an activating group) is 1. The molecule has 0 unspecified atom stereocenters. The van der Waals surface area contributed by atoms with E-state index in [2.05, 4.69) is 5.32 Å². The average Bonchev–Trinajstić information content (AvgIpc) is 2.73. The molecule has 168 valence electrons. The number of para-hydroxylation sites is 1. The average molecular weight is 450 g/mol. The first-order valence-electron chi connectivity index (χ1n) is 10.0. The summed E-state index contributed by atoms with van der Waals surface area (Å²) < 4.78 is 39.1. The van der Waals surface area contributed by atoms with Crippen molar-refractivity contribution >= 4 is 27.5 Å². The normalized spacial score (nSPS) is 12.1. The van der Waals surface area contributed by atoms with Crippen LogP contribution in [0.2, 0.25) is 0 Å². The van der Waals surface area contributed by atoms with Crippen LogP contribution in [0, 0.1) is 5.82 Å². The van der Waals surface area contributed by atoms with Gasteiger partial charge in [0.05, 0.1) is 11.9 Å². The number of carbonyl (C=O) groups is 2. The third-order valence-corrected chi connectivity index (χ3v) is 5.87. The smallest absolute Gasteiger partial charge is 0.244 e. The number of amides is 2. The molecule has 0 fully saturated rings. The number of hydrogen-bond donors (Lipinski definition) is 1. The van der Waals surface area contributed by atoms with Crippen LogP contribution in [0.5, 0.6) is 0 Å². The molecule has 0 aliphatic rings. The highest BCUT2D eigenvalue weighted by Gasteiger charge is 2.31. The number of hydrogen-bond acceptors (Lipinski definition) is 4. The maximum atomic E-state index is 13.3. The molecule has 7 nitrogen and oxygen atoms in total. The molecule has 0 radical (unpaired) electrons. The van der Waals surface area contributed by atoms with E-state index in [4.69, 9.17) is 0 Å². The van der Waals surface area contributed by atoms with Crippen molar-refractivity contribution in [2.24, 2.45) is 0 Å². The molecule has 1 N–H and O–H groups in total. The summed E-state index contributed by atoms with van der Waals surface area (Å²) in [6.07, 6.45) is 1.36. The first-order valence-corrected chi connectivity index (χ1v) is 11.9. The molecule has 2 aromatic rings. The van der Waals surface area contributed by atoms with Crippen LogP contribution in [0.3, 0.4) is 0 Å². The van der Waals surface area contributed by atoms with Crippen molar-refractivity contribution in [3.63, 3.8) is 0 Å². The number of sulfonamides is 1. The highest BCUT2D eigenvalue weighted by atomic mass is 32.2. The van der Waals surface area contributed by atoms with Gasteiger partial charge in [0, 0.05) is 13.1 Å². The van der Waals surface area contributed by atoms with E-state index in [-0.39, 0.29) is 12.5 Å². The summed E-state index contributed by atoms with van der Waals surface area (Å²) >= 11 is 0. The number of rotatable bonds is 10. The minimum absolute atomic E-state index is 0.0428. The van der Waals surface area contributed by atoms with Gasteiger partial charge in [-0.25, -0.2) is 12.8 Å². The molecule has 2 amide bonds. The van der Waals surface area contributed by atoms with E-state index >= 15 is 0 Å². The van der Waals surface area contributed by atoms with Gasteiger partial charge in [0.2, 0.25) is 21.8 Å². The predicted molar refractivity (Wildman–Crippen MR) is 118 cm³/mol. The van der Waals surface area contributed by atoms with Crippen LogP contribution >= 0.6 is 0 Å². The van der Waals surface area contributed by atoms with Gasteiger partial charge >= 0.3 is 0 Å². The monoisotopic (exact) mass is 449 g/mol. The number of nitrogens with one attached hydrogen (secondary N) is 1. The molecular weight excluding hydrogens is 421 g/mol. The first-order chi connectivity index (χ1) is 14.7. The van der Waals surface area contributed by atoms with Gasteiger partial charge in [-0.3, -0.25) is 13.9 Å². The molecule has 0 aliphatic heterocycles. The number of nitrogens with zero attached hydrogens (tertiary/aromatic N) is 2. The Morgan fingerprint density at radius 1 is 1.03 bits per heavy atom. The molecule has 2 rings (SSSR count). The Balaban J connectivity index is 2.39. The molecule has 0 saturated carbocycles. The fourth-order valence-corrected chi connectivity index (χ4v) is 4.06. The van der Waals surface area contributed by atoms with Crippen LogP contribution in [0.25, 0.3) is 0 Å². The van der Waals surface area contributed by atoms with Crippen LogP contribution in [0.1, 0.15) is 25.8 Å². The fraction of sp³-hybridized carbons (Fsp3) is 0.364. The van der Waals surface area contributed by atoms with Gasteiger partial charge in [0.1, 0.15) is 18.4 Å². The van der Waals surface area contributed by atoms with Gasteiger partial charge in [-0.2, -0.15) is 0 Å². The van der Waals surface area contributed by atoms with E-state index in [1.807, 2.05) is 0 Å². The maximum Gasteiger partial charge on any atom is 0.244 e. The minimum atomic E-state index is -3.75. The number of halogens is 1. The third kappa shape index (κ3) is 6.78. The first kappa shape index (κ1) is 24.3. The SMILES string of the molecule is CCNC(=O)[C@@H](CC)N(Cc1ccc(F)cc1)C(=O)CN(c1ccccc1)S(C)(=O)=O. The van der Waals surface area contributed by atoms with Crippen molar-refractivity contribution in [1.29, 1.82) is 0 Å². The van der Waals surface area contributed by atoms with Crippen molar-refractivity contribution in [2.75, 3.05) is 23.7 Å². The lowest BCUT2D eigenvalue weighted by atomic mass is 10.1. The highest BCUT2D eigenvalue weighted by Crippen LogP contribution is 2.19. The summed E-state index contributed by atoms with van der Waals surface area (Å²) in [6, 6.07) is 13.1. The number of benzene rings is 2. The van der Waals surface area contributed by atoms with Crippen molar-refractivity contribution in [3.05, 3.63) is 66.0 Å². The Kier molecular flexibility index (Phi) is 8.56. The molecule has 0 aliphatic carbocycles. The molecule has 0 saturated heterocycles. The van der Waals surface area contributed by atoms with Gasteiger partial charge in [-0.05, 0) is 43.2 Å². The number of anilines is 1. The van der Waals surface area contributed by atoms with Gasteiger partial charge in [-0.15, -0.1) is 0 Å². The van der Waals surface area contributed by atoms with Gasteiger partial charge in [0.15, 0.2) is 0 Å². The molecule has 0 bridgehead atoms. The Bertz CT molecular complexity index is 982. The quantitative estimate of drug-likeness (QED) is 0.604. The van der Waals surface area contributed by atoms with E-state index < -0.39 is 34.3 Å². The number of carbonyl (C=O) groups excluding carboxylic acids is 2. The van der Waals surface area contributed by atoms with Crippen LogP contribution in [-0.2, 0) is 26.2 Å². The van der Waals surface area contributed by atoms with Crippen LogP contribution in [0.4, 0.5) is 10.1 Å². The Labute approximate surface area is 182 Å². The molecule has 2 aromatic carbocycles. The van der Waals surface area contributed by atoms with Gasteiger partial charge in [-0.1, -0.05) is 37.3 Å². The largest absolute Gasteiger partial charge is 0.355 e. The molecule has 1 atom stereocenters. The van der Waals surface area contributed by atoms with E-state index in [0.717, 1.165) is 10.6 Å². The Morgan fingerprint density at radius 2 is 1.65 bits per heavy atom. The Hall–Kier alpha value is -2.94. The van der Waals surface area contributed by atoms with E-state index in [1.165, 1.54) is 29.2 Å². The second-order valence-corrected chi connectivity index (χ2v) is 8.98. The molecule has 31 heavy (non-hydrogen) atoms. The summed E-state index contributed by atoms with van der Waals surface area (Å²) in [5.41, 5.74) is 0.981. The molecular formula is C22H28FN3O4S. The van der Waals surface area contributed by atoms with Gasteiger partial charge in [0.25, 0.3) is 0 Å². The van der Waals surface area contributed by atoms with E-state index in [9.17, 15) is 22.4 Å². The van der Waals surface area contributed by atoms with E-state index in [0.29, 0.717) is 24.2 Å². The molecule has 0 aromatic heterocycles. The summed E-state index contributed by atoms with van der Waals surface area (Å²) in [4.78, 5) is 27.3. The summed E-state index contributed by atoms with van der Waals surface area (Å²) in [5.74, 6) is -1.27. The summed E-state index contributed by atoms with van der Waals surface area (Å²) in [6.45, 7) is 3.53. The third-order valence-electron chi connectivity index (χ3n) is 4.73. The lowest BCUT2D eigenvalue weighted by Crippen LogP contribution is -2.52. The zero-order valence-corrected chi connectivity index (χ0v) is 18.7. The van der Waals surface area contributed by atoms with Crippen molar-refractivity contribution in [2.45, 2.75) is 32.9 Å². The molecule has 0 heterocycles. The van der Waals surface area contributed by atoms with Crippen LogP contribution in [-0.4, -0.2) is 50.5 Å². The van der Waals surface area contributed by atoms with Crippen LogP contribution in [0.15, 0.2) is 54.6 Å². The van der Waals surface area contributed by atoms with Crippen molar-refractivity contribution in [1.82, 2.24) is 10.2 Å². The zero-order valence-electron chi connectivity index (χ0n) is 17.9. The Morgan fingerprint density at radius 3 is 2.16 bits per heavy atom. The second-order valence-electron chi connectivity index (χ2n) is 7.07. The topological polar surface area (TPSA) is 86.8 Å².